The Hall–Kier alpha value is -2.62. The molecule has 1 N–H and O–H groups in total. The Bertz CT molecular complexity index is 1070. The minimum Gasteiger partial charge on any atom is -0.492 e. The zero-order chi connectivity index (χ0) is 22.8. The third kappa shape index (κ3) is 4.39. The third-order valence-corrected chi connectivity index (χ3v) is 7.31. The first-order valence-corrected chi connectivity index (χ1v) is 11.5. The molecule has 0 saturated carbocycles. The summed E-state index contributed by atoms with van der Waals surface area (Å²) in [6.07, 6.45) is 0.387. The molecule has 0 bridgehead atoms. The third-order valence-electron chi connectivity index (χ3n) is 5.23. The standard InChI is InChI=1S/C21H24ClN3O5S/c1-4-21(15-5-7-16(22)8-6-15)19(26)25(20(27)23-21)13-14-30-17-9-11-18(12-10-17)31(28,29)24(2)3/h5-12H,4,13-14H2,1-3H3,(H,23,27). The Labute approximate surface area is 186 Å². The van der Waals surface area contributed by atoms with Gasteiger partial charge in [0, 0.05) is 19.1 Å². The smallest absolute Gasteiger partial charge is 0.325 e. The van der Waals surface area contributed by atoms with Gasteiger partial charge in [-0.05, 0) is 48.4 Å². The number of sulfonamides is 1. The molecule has 1 fully saturated rings. The molecule has 166 valence electrons. The Morgan fingerprint density at radius 1 is 1.06 bits per heavy atom. The van der Waals surface area contributed by atoms with Crippen LogP contribution in [0.4, 0.5) is 4.79 Å². The molecule has 1 unspecified atom stereocenters. The highest BCUT2D eigenvalue weighted by Gasteiger charge is 2.51. The highest BCUT2D eigenvalue weighted by Crippen LogP contribution is 2.33. The molecule has 0 aliphatic carbocycles. The number of hydrogen-bond acceptors (Lipinski definition) is 5. The lowest BCUT2D eigenvalue weighted by molar-refractivity contribution is -0.132. The molecule has 0 radical (unpaired) electrons. The van der Waals surface area contributed by atoms with Gasteiger partial charge >= 0.3 is 6.03 Å². The largest absolute Gasteiger partial charge is 0.492 e. The second kappa shape index (κ2) is 8.86. The topological polar surface area (TPSA) is 96.0 Å². The highest BCUT2D eigenvalue weighted by atomic mass is 35.5. The Balaban J connectivity index is 1.66. The second-order valence-electron chi connectivity index (χ2n) is 7.26. The van der Waals surface area contributed by atoms with Crippen molar-refractivity contribution in [3.63, 3.8) is 0 Å². The van der Waals surface area contributed by atoms with E-state index in [-0.39, 0.29) is 24.0 Å². The average Bonchev–Trinajstić information content (AvgIpc) is 2.99. The van der Waals surface area contributed by atoms with Crippen LogP contribution in [0.15, 0.2) is 53.4 Å². The van der Waals surface area contributed by atoms with Crippen LogP contribution < -0.4 is 10.1 Å². The van der Waals surface area contributed by atoms with Gasteiger partial charge in [-0.3, -0.25) is 9.69 Å². The fraction of sp³-hybridized carbons (Fsp3) is 0.333. The summed E-state index contributed by atoms with van der Waals surface area (Å²) >= 11 is 5.94. The summed E-state index contributed by atoms with van der Waals surface area (Å²) in [5, 5.41) is 3.35. The molecule has 1 atom stereocenters. The summed E-state index contributed by atoms with van der Waals surface area (Å²) in [4.78, 5) is 26.9. The van der Waals surface area contributed by atoms with E-state index in [2.05, 4.69) is 5.32 Å². The van der Waals surface area contributed by atoms with Crippen molar-refractivity contribution < 1.29 is 22.7 Å². The summed E-state index contributed by atoms with van der Waals surface area (Å²) in [6, 6.07) is 12.3. The summed E-state index contributed by atoms with van der Waals surface area (Å²) < 4.78 is 31.0. The van der Waals surface area contributed by atoms with Crippen molar-refractivity contribution in [2.24, 2.45) is 0 Å². The minimum absolute atomic E-state index is 0.0533. The maximum Gasteiger partial charge on any atom is 0.325 e. The molecule has 8 nitrogen and oxygen atoms in total. The first-order chi connectivity index (χ1) is 14.6. The highest BCUT2D eigenvalue weighted by molar-refractivity contribution is 7.89. The van der Waals surface area contributed by atoms with E-state index in [1.165, 1.54) is 38.4 Å². The summed E-state index contributed by atoms with van der Waals surface area (Å²) in [7, 11) is -0.610. The van der Waals surface area contributed by atoms with Crippen LogP contribution in [0.3, 0.4) is 0 Å². The van der Waals surface area contributed by atoms with E-state index >= 15 is 0 Å². The van der Waals surface area contributed by atoms with E-state index in [9.17, 15) is 18.0 Å². The van der Waals surface area contributed by atoms with Crippen LogP contribution in [-0.2, 0) is 20.4 Å². The lowest BCUT2D eigenvalue weighted by Crippen LogP contribution is -2.43. The van der Waals surface area contributed by atoms with Crippen LogP contribution in [0.5, 0.6) is 5.75 Å². The maximum atomic E-state index is 13.1. The molecule has 1 aliphatic heterocycles. The summed E-state index contributed by atoms with van der Waals surface area (Å²) in [6.45, 7) is 1.95. The van der Waals surface area contributed by atoms with Crippen molar-refractivity contribution in [2.75, 3.05) is 27.2 Å². The van der Waals surface area contributed by atoms with Crippen LogP contribution in [0.25, 0.3) is 0 Å². The van der Waals surface area contributed by atoms with Gasteiger partial charge in [0.05, 0.1) is 11.4 Å². The van der Waals surface area contributed by atoms with Crippen molar-refractivity contribution in [1.82, 2.24) is 14.5 Å². The van der Waals surface area contributed by atoms with Gasteiger partial charge in [-0.2, -0.15) is 0 Å². The number of nitrogens with zero attached hydrogens (tertiary/aromatic N) is 2. The second-order valence-corrected chi connectivity index (χ2v) is 9.85. The molecule has 10 heteroatoms. The number of carbonyl (C=O) groups excluding carboxylic acids is 2. The molecule has 3 rings (SSSR count). The van der Waals surface area contributed by atoms with Crippen LogP contribution >= 0.6 is 11.6 Å². The SMILES string of the molecule is CCC1(c2ccc(Cl)cc2)NC(=O)N(CCOc2ccc(S(=O)(=O)N(C)C)cc2)C1=O. The van der Waals surface area contributed by atoms with Crippen molar-refractivity contribution in [3.05, 3.63) is 59.1 Å². The van der Waals surface area contributed by atoms with Gasteiger partial charge in [-0.25, -0.2) is 17.5 Å². The number of imide groups is 1. The van der Waals surface area contributed by atoms with E-state index in [4.69, 9.17) is 16.3 Å². The molecular weight excluding hydrogens is 442 g/mol. The Kier molecular flexibility index (Phi) is 6.59. The van der Waals surface area contributed by atoms with Crippen LogP contribution in [0.2, 0.25) is 5.02 Å². The van der Waals surface area contributed by atoms with Crippen LogP contribution in [0, 0.1) is 0 Å². The zero-order valence-electron chi connectivity index (χ0n) is 17.5. The lowest BCUT2D eigenvalue weighted by atomic mass is 9.87. The molecule has 1 saturated heterocycles. The average molecular weight is 466 g/mol. The van der Waals surface area contributed by atoms with E-state index in [1.54, 1.807) is 24.3 Å². The van der Waals surface area contributed by atoms with Crippen molar-refractivity contribution in [3.8, 4) is 5.75 Å². The van der Waals surface area contributed by atoms with Gasteiger partial charge < -0.3 is 10.1 Å². The number of urea groups is 1. The van der Waals surface area contributed by atoms with Gasteiger partial charge in [0.15, 0.2) is 0 Å². The predicted octanol–water partition coefficient (Wildman–Crippen LogP) is 2.83. The van der Waals surface area contributed by atoms with E-state index < -0.39 is 21.6 Å². The van der Waals surface area contributed by atoms with E-state index in [0.29, 0.717) is 22.8 Å². The first-order valence-electron chi connectivity index (χ1n) is 9.67. The van der Waals surface area contributed by atoms with Crippen LogP contribution in [0.1, 0.15) is 18.9 Å². The molecule has 1 aliphatic rings. The maximum absolute atomic E-state index is 13.1. The predicted molar refractivity (Wildman–Crippen MR) is 116 cm³/mol. The number of halogens is 1. The number of amides is 3. The molecule has 2 aromatic carbocycles. The van der Waals surface area contributed by atoms with Crippen molar-refractivity contribution >= 4 is 33.6 Å². The first kappa shape index (κ1) is 23.1. The number of hydrogen-bond donors (Lipinski definition) is 1. The molecule has 1 heterocycles. The number of benzene rings is 2. The van der Waals surface area contributed by atoms with Gasteiger partial charge in [-0.1, -0.05) is 30.7 Å². The van der Waals surface area contributed by atoms with Gasteiger partial charge in [0.25, 0.3) is 5.91 Å². The van der Waals surface area contributed by atoms with Gasteiger partial charge in [0.2, 0.25) is 10.0 Å². The summed E-state index contributed by atoms with van der Waals surface area (Å²) in [5.41, 5.74) is -0.469. The Morgan fingerprint density at radius 3 is 2.23 bits per heavy atom. The van der Waals surface area contributed by atoms with E-state index in [1.807, 2.05) is 6.92 Å². The molecular formula is C21H24ClN3O5S. The monoisotopic (exact) mass is 465 g/mol. The molecule has 0 spiro atoms. The molecule has 0 aromatic heterocycles. The van der Waals surface area contributed by atoms with Gasteiger partial charge in [-0.15, -0.1) is 0 Å². The minimum atomic E-state index is -3.52. The number of nitrogens with one attached hydrogen (secondary N) is 1. The number of carbonyl (C=O) groups is 2. The quantitative estimate of drug-likeness (QED) is 0.605. The fourth-order valence-electron chi connectivity index (χ4n) is 3.38. The number of ether oxygens (including phenoxy) is 1. The fourth-order valence-corrected chi connectivity index (χ4v) is 4.40. The van der Waals surface area contributed by atoms with Crippen LogP contribution in [-0.4, -0.2) is 56.8 Å². The summed E-state index contributed by atoms with van der Waals surface area (Å²) in [5.74, 6) is 0.0857. The van der Waals surface area contributed by atoms with E-state index in [0.717, 1.165) is 9.21 Å². The zero-order valence-corrected chi connectivity index (χ0v) is 19.0. The molecule has 3 amide bonds. The van der Waals surface area contributed by atoms with Gasteiger partial charge in [0.1, 0.15) is 17.9 Å². The Morgan fingerprint density at radius 2 is 1.68 bits per heavy atom. The normalized spacial score (nSPS) is 19.1. The van der Waals surface area contributed by atoms with Crippen molar-refractivity contribution in [2.45, 2.75) is 23.8 Å². The van der Waals surface area contributed by atoms with Crippen molar-refractivity contribution in [1.29, 1.82) is 0 Å². The number of rotatable bonds is 8. The molecule has 31 heavy (non-hydrogen) atoms. The lowest BCUT2D eigenvalue weighted by Gasteiger charge is -2.25. The molecule has 2 aromatic rings.